The van der Waals surface area contributed by atoms with Crippen LogP contribution in [0.25, 0.3) is 27.7 Å². The summed E-state index contributed by atoms with van der Waals surface area (Å²) in [6.07, 6.45) is 3.17. The lowest BCUT2D eigenvalue weighted by Gasteiger charge is -2.15. The molecule has 4 rings (SSSR count). The van der Waals surface area contributed by atoms with Crippen LogP contribution in [0.1, 0.15) is 30.5 Å². The molecule has 0 spiro atoms. The fourth-order valence-corrected chi connectivity index (χ4v) is 3.91. The fourth-order valence-electron chi connectivity index (χ4n) is 3.91. The van der Waals surface area contributed by atoms with Gasteiger partial charge in [0.1, 0.15) is 23.0 Å². The van der Waals surface area contributed by atoms with Gasteiger partial charge in [-0.15, -0.1) is 0 Å². The van der Waals surface area contributed by atoms with E-state index in [0.717, 1.165) is 38.8 Å². The van der Waals surface area contributed by atoms with Crippen LogP contribution < -0.4 is 10.1 Å². The molecule has 4 aromatic rings. The standard InChI is InChI=1S/C28H25F2NO3/c1-4-33-27-18(3)28-24(25(16-34-28)20-7-11-22(30)12-8-20)14-23(27)17(2)13-26(32)31-15-19-5-9-21(29)10-6-19/h5-14,16H,4,15H2,1-3H3,(H,31,32)/b17-13+. The van der Waals surface area contributed by atoms with Crippen molar-refractivity contribution in [3.63, 3.8) is 0 Å². The highest BCUT2D eigenvalue weighted by Crippen LogP contribution is 2.40. The summed E-state index contributed by atoms with van der Waals surface area (Å²) in [6.45, 7) is 6.40. The van der Waals surface area contributed by atoms with Crippen molar-refractivity contribution in [3.05, 3.63) is 95.3 Å². The van der Waals surface area contributed by atoms with E-state index in [4.69, 9.17) is 9.15 Å². The summed E-state index contributed by atoms with van der Waals surface area (Å²) >= 11 is 0. The van der Waals surface area contributed by atoms with Crippen molar-refractivity contribution in [1.82, 2.24) is 5.32 Å². The number of carbonyl (C=O) groups is 1. The van der Waals surface area contributed by atoms with E-state index < -0.39 is 0 Å². The van der Waals surface area contributed by atoms with Crippen molar-refractivity contribution in [1.29, 1.82) is 0 Å². The van der Waals surface area contributed by atoms with Crippen LogP contribution in [0, 0.1) is 18.6 Å². The number of benzene rings is 3. The molecule has 0 radical (unpaired) electrons. The first-order valence-corrected chi connectivity index (χ1v) is 11.0. The SMILES string of the molecule is CCOc1c(/C(C)=C/C(=O)NCc2ccc(F)cc2)cc2c(-c3ccc(F)cc3)coc2c1C. The van der Waals surface area contributed by atoms with Gasteiger partial charge in [-0.05, 0) is 67.8 Å². The summed E-state index contributed by atoms with van der Waals surface area (Å²) < 4.78 is 38.3. The number of ether oxygens (including phenoxy) is 1. The minimum atomic E-state index is -0.320. The second kappa shape index (κ2) is 9.91. The van der Waals surface area contributed by atoms with E-state index in [0.29, 0.717) is 17.9 Å². The fraction of sp³-hybridized carbons (Fsp3) is 0.179. The normalized spacial score (nSPS) is 11.6. The van der Waals surface area contributed by atoms with Gasteiger partial charge < -0.3 is 14.5 Å². The summed E-state index contributed by atoms with van der Waals surface area (Å²) in [5, 5.41) is 3.68. The average Bonchev–Trinajstić information content (AvgIpc) is 3.25. The van der Waals surface area contributed by atoms with Crippen LogP contribution in [0.4, 0.5) is 8.78 Å². The Morgan fingerprint density at radius 1 is 1.06 bits per heavy atom. The number of halogens is 2. The number of amides is 1. The molecule has 0 saturated heterocycles. The molecule has 0 unspecified atom stereocenters. The Bertz CT molecular complexity index is 1350. The molecule has 0 saturated carbocycles. The summed E-state index contributed by atoms with van der Waals surface area (Å²) in [4.78, 5) is 12.6. The molecule has 6 heteroatoms. The maximum atomic E-state index is 13.4. The van der Waals surface area contributed by atoms with Crippen molar-refractivity contribution in [2.75, 3.05) is 6.61 Å². The monoisotopic (exact) mass is 461 g/mol. The van der Waals surface area contributed by atoms with Gasteiger partial charge in [0.15, 0.2) is 0 Å². The zero-order valence-electron chi connectivity index (χ0n) is 19.2. The van der Waals surface area contributed by atoms with E-state index in [1.807, 2.05) is 26.8 Å². The Hall–Kier alpha value is -3.93. The third-order valence-electron chi connectivity index (χ3n) is 5.64. The largest absolute Gasteiger partial charge is 0.493 e. The van der Waals surface area contributed by atoms with Crippen LogP contribution in [0.2, 0.25) is 0 Å². The van der Waals surface area contributed by atoms with Gasteiger partial charge in [0.25, 0.3) is 0 Å². The number of furan rings is 1. The zero-order valence-corrected chi connectivity index (χ0v) is 19.2. The molecule has 34 heavy (non-hydrogen) atoms. The number of rotatable bonds is 7. The van der Waals surface area contributed by atoms with Crippen LogP contribution in [0.15, 0.2) is 71.4 Å². The maximum absolute atomic E-state index is 13.4. The topological polar surface area (TPSA) is 51.5 Å². The molecule has 174 valence electrons. The van der Waals surface area contributed by atoms with Gasteiger partial charge in [0, 0.05) is 34.7 Å². The van der Waals surface area contributed by atoms with Crippen LogP contribution >= 0.6 is 0 Å². The van der Waals surface area contributed by atoms with Gasteiger partial charge in [-0.25, -0.2) is 8.78 Å². The molecule has 1 heterocycles. The molecule has 0 atom stereocenters. The van der Waals surface area contributed by atoms with Crippen molar-refractivity contribution in [2.45, 2.75) is 27.3 Å². The second-order valence-corrected chi connectivity index (χ2v) is 8.02. The molecular formula is C28H25F2NO3. The summed E-state index contributed by atoms with van der Waals surface area (Å²) in [7, 11) is 0. The molecule has 4 nitrogen and oxygen atoms in total. The van der Waals surface area contributed by atoms with E-state index in [2.05, 4.69) is 5.32 Å². The second-order valence-electron chi connectivity index (χ2n) is 8.02. The van der Waals surface area contributed by atoms with Crippen LogP contribution in [0.3, 0.4) is 0 Å². The lowest BCUT2D eigenvalue weighted by atomic mass is 9.96. The quantitative estimate of drug-likeness (QED) is 0.308. The lowest BCUT2D eigenvalue weighted by molar-refractivity contribution is -0.116. The van der Waals surface area contributed by atoms with Crippen LogP contribution in [-0.2, 0) is 11.3 Å². The number of nitrogens with one attached hydrogen (secondary N) is 1. The predicted molar refractivity (Wildman–Crippen MR) is 129 cm³/mol. The lowest BCUT2D eigenvalue weighted by Crippen LogP contribution is -2.20. The van der Waals surface area contributed by atoms with E-state index in [9.17, 15) is 13.6 Å². The first-order valence-electron chi connectivity index (χ1n) is 11.0. The van der Waals surface area contributed by atoms with Crippen LogP contribution in [0.5, 0.6) is 5.75 Å². The highest BCUT2D eigenvalue weighted by Gasteiger charge is 2.19. The van der Waals surface area contributed by atoms with Gasteiger partial charge >= 0.3 is 0 Å². The third kappa shape index (κ3) is 4.86. The number of fused-ring (bicyclic) bond motifs is 1. The first-order chi connectivity index (χ1) is 16.4. The molecule has 0 aliphatic heterocycles. The summed E-state index contributed by atoms with van der Waals surface area (Å²) in [5.74, 6) is -0.250. The Labute approximate surface area is 196 Å². The number of carbonyl (C=O) groups excluding carboxylic acids is 1. The molecular weight excluding hydrogens is 436 g/mol. The van der Waals surface area contributed by atoms with Gasteiger partial charge in [-0.1, -0.05) is 24.3 Å². The van der Waals surface area contributed by atoms with Gasteiger partial charge in [0.05, 0.1) is 12.9 Å². The number of hydrogen-bond donors (Lipinski definition) is 1. The molecule has 1 amide bonds. The van der Waals surface area contributed by atoms with E-state index in [-0.39, 0.29) is 24.1 Å². The van der Waals surface area contributed by atoms with Crippen molar-refractivity contribution < 1.29 is 22.7 Å². The van der Waals surface area contributed by atoms with Crippen LogP contribution in [-0.4, -0.2) is 12.5 Å². The number of allylic oxidation sites excluding steroid dienone is 1. The Morgan fingerprint density at radius 3 is 2.35 bits per heavy atom. The first kappa shape index (κ1) is 23.2. The molecule has 1 N–H and O–H groups in total. The van der Waals surface area contributed by atoms with E-state index in [1.54, 1.807) is 30.5 Å². The molecule has 3 aromatic carbocycles. The molecule has 1 aromatic heterocycles. The Kier molecular flexibility index (Phi) is 6.77. The third-order valence-corrected chi connectivity index (χ3v) is 5.64. The number of hydrogen-bond acceptors (Lipinski definition) is 3. The van der Waals surface area contributed by atoms with Gasteiger partial charge in [0.2, 0.25) is 5.91 Å². The molecule has 0 aliphatic carbocycles. The summed E-state index contributed by atoms with van der Waals surface area (Å²) in [5.41, 5.74) is 5.45. The van der Waals surface area contributed by atoms with Gasteiger partial charge in [-0.3, -0.25) is 4.79 Å². The predicted octanol–water partition coefficient (Wildman–Crippen LogP) is 6.80. The van der Waals surface area contributed by atoms with Crippen molar-refractivity contribution >= 4 is 22.4 Å². The maximum Gasteiger partial charge on any atom is 0.244 e. The van der Waals surface area contributed by atoms with Gasteiger partial charge in [-0.2, -0.15) is 0 Å². The van der Waals surface area contributed by atoms with E-state index in [1.165, 1.54) is 30.3 Å². The highest BCUT2D eigenvalue weighted by atomic mass is 19.1. The Balaban J connectivity index is 1.69. The molecule has 0 fully saturated rings. The average molecular weight is 462 g/mol. The van der Waals surface area contributed by atoms with Crippen molar-refractivity contribution in [2.24, 2.45) is 0 Å². The molecule has 0 bridgehead atoms. The molecule has 0 aliphatic rings. The Morgan fingerprint density at radius 2 is 1.71 bits per heavy atom. The van der Waals surface area contributed by atoms with Crippen molar-refractivity contribution in [3.8, 4) is 16.9 Å². The smallest absolute Gasteiger partial charge is 0.244 e. The number of aryl methyl sites for hydroxylation is 1. The minimum Gasteiger partial charge on any atom is -0.493 e. The minimum absolute atomic E-state index is 0.270. The summed E-state index contributed by atoms with van der Waals surface area (Å²) in [6, 6.07) is 14.2. The zero-order chi connectivity index (χ0) is 24.2. The highest BCUT2D eigenvalue weighted by molar-refractivity contribution is 6.01. The van der Waals surface area contributed by atoms with E-state index >= 15 is 0 Å².